The minimum Gasteiger partial charge on any atom is -0.0695 e. The monoisotopic (exact) mass is 288 g/mol. The van der Waals surface area contributed by atoms with Crippen LogP contribution in [0.3, 0.4) is 0 Å². The van der Waals surface area contributed by atoms with Crippen molar-refractivity contribution in [2.75, 3.05) is 0 Å². The summed E-state index contributed by atoms with van der Waals surface area (Å²) in [5.41, 5.74) is 0.638. The van der Waals surface area contributed by atoms with E-state index in [2.05, 4.69) is 65.8 Å². The van der Waals surface area contributed by atoms with Crippen molar-refractivity contribution in [1.82, 2.24) is 0 Å². The van der Waals surface area contributed by atoms with E-state index in [0.717, 1.165) is 0 Å². The summed E-state index contributed by atoms with van der Waals surface area (Å²) < 4.78 is 0. The lowest BCUT2D eigenvalue weighted by molar-refractivity contribution is 0.446. The summed E-state index contributed by atoms with van der Waals surface area (Å²) in [4.78, 5) is 0. The first kappa shape index (κ1) is 17.7. The van der Waals surface area contributed by atoms with Crippen molar-refractivity contribution in [2.45, 2.75) is 84.0 Å². The van der Waals surface area contributed by atoms with Crippen molar-refractivity contribution < 1.29 is 0 Å². The molecule has 0 aromatic rings. The van der Waals surface area contributed by atoms with Crippen molar-refractivity contribution >= 4 is 24.2 Å². The van der Waals surface area contributed by atoms with E-state index in [4.69, 9.17) is 0 Å². The molecule has 0 saturated heterocycles. The van der Waals surface area contributed by atoms with Crippen LogP contribution < -0.4 is 0 Å². The summed E-state index contributed by atoms with van der Waals surface area (Å²) in [6.45, 7) is 25.5. The molecule has 0 fully saturated rings. The van der Waals surface area contributed by atoms with E-state index in [1.165, 1.54) is 18.1 Å². The summed E-state index contributed by atoms with van der Waals surface area (Å²) in [5, 5.41) is 0. The number of rotatable bonds is 6. The summed E-state index contributed by atoms with van der Waals surface area (Å²) in [5.74, 6) is 0. The molecule has 104 valence electrons. The van der Waals surface area contributed by atoms with Gasteiger partial charge in [-0.15, -0.1) is 0 Å². The zero-order chi connectivity index (χ0) is 14.1. The molecule has 3 heteroatoms. The van der Waals surface area contributed by atoms with E-state index in [1.807, 2.05) is 0 Å². The molecule has 17 heavy (non-hydrogen) atoms. The fourth-order valence-corrected chi connectivity index (χ4v) is 13.2. The number of hydrogen-bond donors (Lipinski definition) is 0. The van der Waals surface area contributed by atoms with Crippen molar-refractivity contribution in [3.8, 4) is 0 Å². The maximum absolute atomic E-state index is 2.60. The Morgan fingerprint density at radius 2 is 0.706 bits per heavy atom. The molecule has 0 bridgehead atoms. The average Bonchev–Trinajstić information content (AvgIpc) is 1.65. The molecule has 0 N–H and O–H groups in total. The van der Waals surface area contributed by atoms with Gasteiger partial charge in [-0.05, 0) is 5.41 Å². The Bertz CT molecular complexity index is 197. The van der Waals surface area contributed by atoms with Crippen LogP contribution in [0.15, 0.2) is 0 Å². The van der Waals surface area contributed by atoms with Crippen LogP contribution in [0, 0.1) is 5.41 Å². The van der Waals surface area contributed by atoms with Gasteiger partial charge in [0, 0.05) is 24.2 Å². The molecular weight excluding hydrogens is 252 g/mol. The lowest BCUT2D eigenvalue weighted by atomic mass is 9.99. The third-order valence-electron chi connectivity index (χ3n) is 2.87. The van der Waals surface area contributed by atoms with Crippen LogP contribution in [0.5, 0.6) is 0 Å². The highest BCUT2D eigenvalue weighted by Gasteiger charge is 2.38. The summed E-state index contributed by atoms with van der Waals surface area (Å²) >= 11 is 0. The zero-order valence-electron chi connectivity index (χ0n) is 14.1. The van der Waals surface area contributed by atoms with E-state index in [9.17, 15) is 0 Å². The van der Waals surface area contributed by atoms with E-state index in [0.29, 0.717) is 5.41 Å². The smallest absolute Gasteiger partial charge is 0.0447 e. The molecule has 0 aliphatic carbocycles. The minimum atomic E-state index is -0.948. The molecule has 0 aromatic carbocycles. The summed E-state index contributed by atoms with van der Waals surface area (Å²) in [6, 6.07) is 4.57. The second-order valence-electron chi connectivity index (χ2n) is 10.0. The maximum atomic E-state index is 2.60. The Hall–Kier alpha value is 0.651. The molecule has 0 aliphatic heterocycles. The molecule has 0 unspecified atom stereocenters. The molecule has 0 atom stereocenters. The largest absolute Gasteiger partial charge is 0.0695 e. The molecule has 0 nitrogen and oxygen atoms in total. The van der Waals surface area contributed by atoms with Gasteiger partial charge in [-0.1, -0.05) is 84.0 Å². The van der Waals surface area contributed by atoms with Crippen molar-refractivity contribution in [1.29, 1.82) is 0 Å². The highest BCUT2D eigenvalue weighted by Crippen LogP contribution is 2.43. The van der Waals surface area contributed by atoms with Crippen LogP contribution in [0.25, 0.3) is 0 Å². The molecule has 0 aliphatic rings. The van der Waals surface area contributed by atoms with Gasteiger partial charge in [0.05, 0.1) is 0 Å². The van der Waals surface area contributed by atoms with E-state index >= 15 is 0 Å². The van der Waals surface area contributed by atoms with Crippen LogP contribution >= 0.6 is 0 Å². The average molecular weight is 289 g/mol. The van der Waals surface area contributed by atoms with Crippen LogP contribution in [0.2, 0.25) is 77.1 Å². The Morgan fingerprint density at radius 1 is 0.529 bits per heavy atom. The zero-order valence-corrected chi connectivity index (χ0v) is 17.1. The minimum absolute atomic E-state index is 0.638. The lowest BCUT2D eigenvalue weighted by Gasteiger charge is -2.42. The van der Waals surface area contributed by atoms with Crippen LogP contribution in [-0.2, 0) is 0 Å². The molecule has 0 radical (unpaired) electrons. The predicted octanol–water partition coefficient (Wildman–Crippen LogP) is 6.01. The first-order valence-electron chi connectivity index (χ1n) is 7.12. The van der Waals surface area contributed by atoms with Crippen LogP contribution in [0.1, 0.15) is 6.92 Å². The molecule has 0 amide bonds. The summed E-state index contributed by atoms with van der Waals surface area (Å²) in [6.07, 6.45) is 0. The standard InChI is InChI=1S/C14H36Si3/c1-14(11-15(2,3)4,12-16(5,6)7)13-17(8,9)10/h11-13H2,1-10H3. The second-order valence-corrected chi connectivity index (χ2v) is 26.4. The molecular formula is C14H36Si3. The SMILES string of the molecule is CC(C[Si](C)(C)C)(C[Si](C)(C)C)C[Si](C)(C)C. The molecule has 0 aromatic heterocycles. The third-order valence-corrected chi connectivity index (χ3v) is 8.61. The Kier molecular flexibility index (Phi) is 5.54. The fourth-order valence-electron chi connectivity index (χ4n) is 4.03. The van der Waals surface area contributed by atoms with E-state index < -0.39 is 24.2 Å². The van der Waals surface area contributed by atoms with E-state index in [-0.39, 0.29) is 0 Å². The van der Waals surface area contributed by atoms with Crippen molar-refractivity contribution in [3.05, 3.63) is 0 Å². The van der Waals surface area contributed by atoms with Gasteiger partial charge in [-0.25, -0.2) is 0 Å². The van der Waals surface area contributed by atoms with Gasteiger partial charge in [0.2, 0.25) is 0 Å². The summed E-state index contributed by atoms with van der Waals surface area (Å²) in [7, 11) is -2.84. The van der Waals surface area contributed by atoms with Gasteiger partial charge in [0.25, 0.3) is 0 Å². The number of hydrogen-bond acceptors (Lipinski definition) is 0. The topological polar surface area (TPSA) is 0 Å². The van der Waals surface area contributed by atoms with Gasteiger partial charge in [0.15, 0.2) is 0 Å². The van der Waals surface area contributed by atoms with Gasteiger partial charge in [-0.2, -0.15) is 0 Å². The van der Waals surface area contributed by atoms with Gasteiger partial charge in [-0.3, -0.25) is 0 Å². The Morgan fingerprint density at radius 3 is 0.824 bits per heavy atom. The second kappa shape index (κ2) is 5.33. The van der Waals surface area contributed by atoms with Gasteiger partial charge in [0.1, 0.15) is 0 Å². The molecule has 0 rings (SSSR count). The maximum Gasteiger partial charge on any atom is 0.0447 e. The van der Waals surface area contributed by atoms with Crippen LogP contribution in [0.4, 0.5) is 0 Å². The normalized spacial score (nSPS) is 15.2. The highest BCUT2D eigenvalue weighted by molar-refractivity contribution is 6.79. The highest BCUT2D eigenvalue weighted by atomic mass is 28.3. The Labute approximate surface area is 114 Å². The Balaban J connectivity index is 4.95. The van der Waals surface area contributed by atoms with Gasteiger partial charge < -0.3 is 0 Å². The van der Waals surface area contributed by atoms with Crippen LogP contribution in [-0.4, -0.2) is 24.2 Å². The van der Waals surface area contributed by atoms with E-state index in [1.54, 1.807) is 0 Å². The first-order chi connectivity index (χ1) is 7.12. The first-order valence-corrected chi connectivity index (χ1v) is 18.2. The molecule has 0 saturated carbocycles. The fraction of sp³-hybridized carbons (Fsp3) is 1.00. The molecule has 0 spiro atoms. The van der Waals surface area contributed by atoms with Gasteiger partial charge >= 0.3 is 0 Å². The lowest BCUT2D eigenvalue weighted by Crippen LogP contribution is -2.41. The third kappa shape index (κ3) is 10.3. The molecule has 0 heterocycles. The quantitative estimate of drug-likeness (QED) is 0.525. The predicted molar refractivity (Wildman–Crippen MR) is 92.6 cm³/mol. The van der Waals surface area contributed by atoms with Crippen molar-refractivity contribution in [3.63, 3.8) is 0 Å². The van der Waals surface area contributed by atoms with Crippen molar-refractivity contribution in [2.24, 2.45) is 5.41 Å².